The van der Waals surface area contributed by atoms with E-state index >= 15 is 0 Å². The lowest BCUT2D eigenvalue weighted by Crippen LogP contribution is -2.40. The van der Waals surface area contributed by atoms with Gasteiger partial charge in [-0.15, -0.1) is 0 Å². The van der Waals surface area contributed by atoms with Gasteiger partial charge in [-0.3, -0.25) is 4.79 Å². The molecule has 3 unspecified atom stereocenters. The maximum atomic E-state index is 10.7. The molecule has 0 aromatic rings. The molecule has 1 aliphatic rings. The van der Waals surface area contributed by atoms with Gasteiger partial charge in [0.1, 0.15) is 0 Å². The fraction of sp³-hybridized carbons (Fsp3) is 0.889. The van der Waals surface area contributed by atoms with Gasteiger partial charge in [0.25, 0.3) is 0 Å². The molecule has 4 nitrogen and oxygen atoms in total. The van der Waals surface area contributed by atoms with Crippen molar-refractivity contribution in [3.63, 3.8) is 0 Å². The third kappa shape index (κ3) is 2.97. The second-order valence-electron chi connectivity index (χ2n) is 3.86. The molecule has 76 valence electrons. The van der Waals surface area contributed by atoms with Gasteiger partial charge >= 0.3 is 0 Å². The van der Waals surface area contributed by atoms with Gasteiger partial charge in [0, 0.05) is 0 Å². The molecule has 0 aromatic heterocycles. The maximum absolute atomic E-state index is 10.7. The smallest absolute Gasteiger partial charge is 0.234 e. The van der Waals surface area contributed by atoms with Gasteiger partial charge in [-0.2, -0.15) is 0 Å². The van der Waals surface area contributed by atoms with Gasteiger partial charge in [0.05, 0.1) is 12.1 Å². The zero-order valence-corrected chi connectivity index (χ0v) is 7.78. The highest BCUT2D eigenvalue weighted by Crippen LogP contribution is 2.27. The summed E-state index contributed by atoms with van der Waals surface area (Å²) >= 11 is 0. The van der Waals surface area contributed by atoms with Crippen LogP contribution >= 0.6 is 0 Å². The van der Waals surface area contributed by atoms with E-state index < -0.39 is 11.9 Å². The first-order valence-corrected chi connectivity index (χ1v) is 4.84. The van der Waals surface area contributed by atoms with Crippen molar-refractivity contribution in [1.29, 1.82) is 0 Å². The predicted molar refractivity (Wildman–Crippen MR) is 49.8 cm³/mol. The van der Waals surface area contributed by atoms with Crippen LogP contribution in [0.5, 0.6) is 0 Å². The van der Waals surface area contributed by atoms with Crippen LogP contribution in [0.15, 0.2) is 0 Å². The second kappa shape index (κ2) is 4.58. The minimum atomic E-state index is -0.599. The minimum absolute atomic E-state index is 0.163. The second-order valence-corrected chi connectivity index (χ2v) is 3.86. The molecule has 0 bridgehead atoms. The average Bonchev–Trinajstić information content (AvgIpc) is 2.08. The molecule has 0 heterocycles. The van der Waals surface area contributed by atoms with Gasteiger partial charge in [0.15, 0.2) is 0 Å². The van der Waals surface area contributed by atoms with Crippen LogP contribution < -0.4 is 11.5 Å². The van der Waals surface area contributed by atoms with Gasteiger partial charge in [-0.25, -0.2) is 0 Å². The third-order valence-electron chi connectivity index (χ3n) is 2.79. The van der Waals surface area contributed by atoms with Crippen LogP contribution in [0.25, 0.3) is 0 Å². The number of hydrogen-bond donors (Lipinski definition) is 3. The average molecular weight is 186 g/mol. The van der Waals surface area contributed by atoms with E-state index in [-0.39, 0.29) is 12.0 Å². The number of hydrogen-bond acceptors (Lipinski definition) is 3. The standard InChI is InChI=1S/C9H18N2O2/c10-7(9(11)13)5-6-3-1-2-4-8(6)12/h6-8,12H,1-5,10H2,(H2,11,13). The Morgan fingerprint density at radius 1 is 1.46 bits per heavy atom. The summed E-state index contributed by atoms with van der Waals surface area (Å²) in [6.07, 6.45) is 4.21. The van der Waals surface area contributed by atoms with Crippen molar-refractivity contribution in [2.75, 3.05) is 0 Å². The Morgan fingerprint density at radius 2 is 2.08 bits per heavy atom. The molecule has 0 spiro atoms. The van der Waals surface area contributed by atoms with Gasteiger partial charge in [-0.05, 0) is 25.2 Å². The molecule has 0 radical (unpaired) electrons. The SMILES string of the molecule is NC(=O)C(N)CC1CCCCC1O. The number of rotatable bonds is 3. The Hall–Kier alpha value is -0.610. The van der Waals surface area contributed by atoms with Crippen LogP contribution in [-0.2, 0) is 4.79 Å². The summed E-state index contributed by atoms with van der Waals surface area (Å²) in [5, 5.41) is 9.59. The predicted octanol–water partition coefficient (Wildman–Crippen LogP) is -0.260. The van der Waals surface area contributed by atoms with Gasteiger partial charge in [-0.1, -0.05) is 12.8 Å². The first-order valence-electron chi connectivity index (χ1n) is 4.84. The summed E-state index contributed by atoms with van der Waals surface area (Å²) < 4.78 is 0. The van der Waals surface area contributed by atoms with Crippen LogP contribution in [0.1, 0.15) is 32.1 Å². The largest absolute Gasteiger partial charge is 0.393 e. The molecule has 0 aliphatic heterocycles. The number of primary amides is 1. The molecule has 0 aromatic carbocycles. The lowest BCUT2D eigenvalue weighted by Gasteiger charge is -2.28. The van der Waals surface area contributed by atoms with E-state index in [0.717, 1.165) is 25.7 Å². The van der Waals surface area contributed by atoms with E-state index in [2.05, 4.69) is 0 Å². The van der Waals surface area contributed by atoms with E-state index in [1.54, 1.807) is 0 Å². The van der Waals surface area contributed by atoms with Gasteiger partial charge in [0.2, 0.25) is 5.91 Å². The summed E-state index contributed by atoms with van der Waals surface area (Å²) in [5.74, 6) is -0.311. The Bertz CT molecular complexity index is 184. The summed E-state index contributed by atoms with van der Waals surface area (Å²) in [6, 6.07) is -0.599. The highest BCUT2D eigenvalue weighted by atomic mass is 16.3. The van der Waals surface area contributed by atoms with Crippen LogP contribution in [0.4, 0.5) is 0 Å². The molecule has 1 fully saturated rings. The number of nitrogens with two attached hydrogens (primary N) is 2. The Kier molecular flexibility index (Phi) is 3.69. The van der Waals surface area contributed by atoms with Crippen LogP contribution in [0.2, 0.25) is 0 Å². The monoisotopic (exact) mass is 186 g/mol. The zero-order valence-electron chi connectivity index (χ0n) is 7.78. The molecule has 4 heteroatoms. The van der Waals surface area contributed by atoms with Crippen molar-refractivity contribution in [2.24, 2.45) is 17.4 Å². The molecule has 3 atom stereocenters. The highest BCUT2D eigenvalue weighted by molar-refractivity contribution is 5.79. The van der Waals surface area contributed by atoms with Crippen molar-refractivity contribution in [2.45, 2.75) is 44.2 Å². The van der Waals surface area contributed by atoms with Crippen LogP contribution in [-0.4, -0.2) is 23.2 Å². The number of carbonyl (C=O) groups is 1. The number of amides is 1. The van der Waals surface area contributed by atoms with Crippen molar-refractivity contribution in [3.05, 3.63) is 0 Å². The fourth-order valence-corrected chi connectivity index (χ4v) is 1.91. The van der Waals surface area contributed by atoms with E-state index in [9.17, 15) is 9.90 Å². The lowest BCUT2D eigenvalue weighted by atomic mass is 9.82. The molecular formula is C9H18N2O2. The summed E-state index contributed by atoms with van der Waals surface area (Å²) in [4.78, 5) is 10.7. The Morgan fingerprint density at radius 3 is 2.62 bits per heavy atom. The zero-order chi connectivity index (χ0) is 9.84. The highest BCUT2D eigenvalue weighted by Gasteiger charge is 2.26. The fourth-order valence-electron chi connectivity index (χ4n) is 1.91. The first-order chi connectivity index (χ1) is 6.11. The first kappa shape index (κ1) is 10.5. The van der Waals surface area contributed by atoms with Crippen molar-refractivity contribution >= 4 is 5.91 Å². The van der Waals surface area contributed by atoms with Gasteiger partial charge < -0.3 is 16.6 Å². The summed E-state index contributed by atoms with van der Waals surface area (Å²) in [6.45, 7) is 0. The quantitative estimate of drug-likeness (QED) is 0.567. The lowest BCUT2D eigenvalue weighted by molar-refractivity contribution is -0.119. The number of aliphatic hydroxyl groups excluding tert-OH is 1. The topological polar surface area (TPSA) is 89.3 Å². The van der Waals surface area contributed by atoms with Crippen molar-refractivity contribution in [3.8, 4) is 0 Å². The Labute approximate surface area is 78.3 Å². The third-order valence-corrected chi connectivity index (χ3v) is 2.79. The van der Waals surface area contributed by atoms with E-state index in [1.165, 1.54) is 0 Å². The van der Waals surface area contributed by atoms with E-state index in [1.807, 2.05) is 0 Å². The molecule has 1 rings (SSSR count). The molecule has 13 heavy (non-hydrogen) atoms. The number of carbonyl (C=O) groups excluding carboxylic acids is 1. The van der Waals surface area contributed by atoms with Crippen LogP contribution in [0.3, 0.4) is 0 Å². The molecule has 1 amide bonds. The van der Waals surface area contributed by atoms with Crippen molar-refractivity contribution < 1.29 is 9.90 Å². The molecule has 1 saturated carbocycles. The van der Waals surface area contributed by atoms with Crippen LogP contribution in [0, 0.1) is 5.92 Å². The van der Waals surface area contributed by atoms with Crippen molar-refractivity contribution in [1.82, 2.24) is 0 Å². The summed E-state index contributed by atoms with van der Waals surface area (Å²) in [7, 11) is 0. The Balaban J connectivity index is 2.37. The van der Waals surface area contributed by atoms with E-state index in [4.69, 9.17) is 11.5 Å². The minimum Gasteiger partial charge on any atom is -0.393 e. The maximum Gasteiger partial charge on any atom is 0.234 e. The number of aliphatic hydroxyl groups is 1. The van der Waals surface area contributed by atoms with E-state index in [0.29, 0.717) is 6.42 Å². The molecule has 0 saturated heterocycles. The molecule has 5 N–H and O–H groups in total. The normalized spacial score (nSPS) is 31.2. The summed E-state index contributed by atoms with van der Waals surface area (Å²) in [5.41, 5.74) is 10.6. The molecule has 1 aliphatic carbocycles. The molecular weight excluding hydrogens is 168 g/mol.